The van der Waals surface area contributed by atoms with Crippen LogP contribution < -0.4 is 10.6 Å². The molecule has 2 amide bonds. The molecule has 1 saturated heterocycles. The predicted octanol–water partition coefficient (Wildman–Crippen LogP) is -2.67. The van der Waals surface area contributed by atoms with Crippen LogP contribution in [0.3, 0.4) is 0 Å². The van der Waals surface area contributed by atoms with E-state index < -0.39 is 24.0 Å². The number of amides is 2. The molecule has 0 aromatic carbocycles. The van der Waals surface area contributed by atoms with E-state index >= 15 is 0 Å². The van der Waals surface area contributed by atoms with Crippen LogP contribution in [0.25, 0.3) is 0 Å². The standard InChI is InChI=1S/C7H11N3O4/c1-7(14,3-11)2-8-6-9-4(12)5(13)10-6/h11,14H,2-3H2,1H3,(H2,8,9,10,12,13). The zero-order valence-corrected chi connectivity index (χ0v) is 7.57. The second-order valence-corrected chi connectivity index (χ2v) is 3.23. The Morgan fingerprint density at radius 2 is 1.86 bits per heavy atom. The number of nitrogens with one attached hydrogen (secondary N) is 2. The van der Waals surface area contributed by atoms with Gasteiger partial charge in [-0.2, -0.15) is 0 Å². The Hall–Kier alpha value is -1.47. The smallest absolute Gasteiger partial charge is 0.316 e. The van der Waals surface area contributed by atoms with Crippen molar-refractivity contribution in [1.82, 2.24) is 10.6 Å². The molecule has 0 aromatic heterocycles. The highest BCUT2D eigenvalue weighted by atomic mass is 16.3. The van der Waals surface area contributed by atoms with Gasteiger partial charge in [-0.15, -0.1) is 0 Å². The molecule has 4 N–H and O–H groups in total. The first-order valence-corrected chi connectivity index (χ1v) is 3.95. The van der Waals surface area contributed by atoms with Gasteiger partial charge in [-0.1, -0.05) is 0 Å². The van der Waals surface area contributed by atoms with E-state index in [2.05, 4.69) is 15.6 Å². The van der Waals surface area contributed by atoms with Crippen LogP contribution in [0.4, 0.5) is 0 Å². The number of rotatable bonds is 3. The van der Waals surface area contributed by atoms with Crippen molar-refractivity contribution in [1.29, 1.82) is 0 Å². The van der Waals surface area contributed by atoms with Gasteiger partial charge in [-0.05, 0) is 6.92 Å². The predicted molar refractivity (Wildman–Crippen MR) is 46.3 cm³/mol. The Bertz CT molecular complexity index is 279. The Balaban J connectivity index is 2.56. The van der Waals surface area contributed by atoms with Gasteiger partial charge in [-0.3, -0.25) is 20.2 Å². The average Bonchev–Trinajstić information content (AvgIpc) is 2.44. The molecule has 0 aliphatic carbocycles. The number of guanidine groups is 1. The highest BCUT2D eigenvalue weighted by Gasteiger charge is 2.26. The van der Waals surface area contributed by atoms with Crippen molar-refractivity contribution in [3.05, 3.63) is 0 Å². The summed E-state index contributed by atoms with van der Waals surface area (Å²) in [5.74, 6) is -1.58. The lowest BCUT2D eigenvalue weighted by molar-refractivity contribution is -0.135. The molecule has 14 heavy (non-hydrogen) atoms. The maximum absolute atomic E-state index is 10.7. The van der Waals surface area contributed by atoms with E-state index in [-0.39, 0.29) is 12.5 Å². The van der Waals surface area contributed by atoms with Gasteiger partial charge in [0.05, 0.1) is 13.2 Å². The Labute approximate surface area is 79.8 Å². The summed E-state index contributed by atoms with van der Waals surface area (Å²) in [6.45, 7) is 0.820. The van der Waals surface area contributed by atoms with Crippen LogP contribution in [0.1, 0.15) is 6.92 Å². The number of nitrogens with zero attached hydrogens (tertiary/aromatic N) is 1. The van der Waals surface area contributed by atoms with E-state index in [0.29, 0.717) is 0 Å². The van der Waals surface area contributed by atoms with Crippen molar-refractivity contribution in [3.63, 3.8) is 0 Å². The molecular weight excluding hydrogens is 190 g/mol. The van der Waals surface area contributed by atoms with Crippen molar-refractivity contribution >= 4 is 17.8 Å². The molecule has 1 unspecified atom stereocenters. The van der Waals surface area contributed by atoms with Gasteiger partial charge in [0.15, 0.2) is 0 Å². The summed E-state index contributed by atoms with van der Waals surface area (Å²) in [6, 6.07) is 0. The van der Waals surface area contributed by atoms with Crippen LogP contribution in [-0.2, 0) is 9.59 Å². The first-order valence-electron chi connectivity index (χ1n) is 3.95. The molecule has 1 aliphatic heterocycles. The zero-order valence-electron chi connectivity index (χ0n) is 7.57. The van der Waals surface area contributed by atoms with E-state index in [1.54, 1.807) is 0 Å². The lowest BCUT2D eigenvalue weighted by Crippen LogP contribution is -2.35. The Morgan fingerprint density at radius 3 is 2.29 bits per heavy atom. The number of hydrogen-bond donors (Lipinski definition) is 4. The summed E-state index contributed by atoms with van der Waals surface area (Å²) in [5, 5.41) is 22.3. The highest BCUT2D eigenvalue weighted by Crippen LogP contribution is 2.01. The summed E-state index contributed by atoms with van der Waals surface area (Å²) < 4.78 is 0. The summed E-state index contributed by atoms with van der Waals surface area (Å²) in [4.78, 5) is 25.0. The third-order valence-corrected chi connectivity index (χ3v) is 1.59. The molecule has 7 nitrogen and oxygen atoms in total. The Kier molecular flexibility index (Phi) is 2.82. The van der Waals surface area contributed by atoms with Gasteiger partial charge >= 0.3 is 11.8 Å². The lowest BCUT2D eigenvalue weighted by atomic mass is 10.1. The molecule has 1 rings (SSSR count). The van der Waals surface area contributed by atoms with Crippen molar-refractivity contribution < 1.29 is 19.8 Å². The maximum atomic E-state index is 10.7. The topological polar surface area (TPSA) is 111 Å². The fourth-order valence-electron chi connectivity index (χ4n) is 0.738. The third-order valence-electron chi connectivity index (χ3n) is 1.59. The molecule has 7 heteroatoms. The molecule has 1 fully saturated rings. The fourth-order valence-corrected chi connectivity index (χ4v) is 0.738. The number of aliphatic hydroxyl groups is 2. The summed E-state index contributed by atoms with van der Waals surface area (Å²) in [7, 11) is 0. The van der Waals surface area contributed by atoms with Gasteiger partial charge in [0, 0.05) is 0 Å². The van der Waals surface area contributed by atoms with Crippen LogP contribution in [0.5, 0.6) is 0 Å². The van der Waals surface area contributed by atoms with Gasteiger partial charge in [0.25, 0.3) is 0 Å². The molecular formula is C7H11N3O4. The van der Waals surface area contributed by atoms with Gasteiger partial charge in [0.2, 0.25) is 5.96 Å². The van der Waals surface area contributed by atoms with Crippen molar-refractivity contribution in [2.24, 2.45) is 4.99 Å². The molecule has 0 radical (unpaired) electrons. The number of aliphatic imine (C=N–C) groups is 1. The second kappa shape index (κ2) is 3.72. The monoisotopic (exact) mass is 201 g/mol. The minimum atomic E-state index is -1.36. The number of aliphatic hydroxyl groups excluding tert-OH is 1. The molecule has 1 heterocycles. The minimum Gasteiger partial charge on any atom is -0.393 e. The molecule has 1 aliphatic rings. The minimum absolute atomic E-state index is 0.00581. The average molecular weight is 201 g/mol. The third kappa shape index (κ3) is 2.51. The quantitative estimate of drug-likeness (QED) is 0.373. The first-order chi connectivity index (χ1) is 6.44. The van der Waals surface area contributed by atoms with Crippen molar-refractivity contribution in [2.45, 2.75) is 12.5 Å². The van der Waals surface area contributed by atoms with Crippen LogP contribution in [0, 0.1) is 0 Å². The summed E-state index contributed by atoms with van der Waals surface area (Å²) >= 11 is 0. The van der Waals surface area contributed by atoms with E-state index in [9.17, 15) is 14.7 Å². The number of hydrogen-bond acceptors (Lipinski definition) is 5. The zero-order chi connectivity index (χ0) is 10.8. The highest BCUT2D eigenvalue weighted by molar-refractivity contribution is 6.45. The normalized spacial score (nSPS) is 20.1. The van der Waals surface area contributed by atoms with Gasteiger partial charge in [0.1, 0.15) is 5.60 Å². The summed E-state index contributed by atoms with van der Waals surface area (Å²) in [5.41, 5.74) is -1.36. The molecule has 0 spiro atoms. The molecule has 1 atom stereocenters. The molecule has 78 valence electrons. The van der Waals surface area contributed by atoms with E-state index in [0.717, 1.165) is 0 Å². The maximum Gasteiger partial charge on any atom is 0.316 e. The fraction of sp³-hybridized carbons (Fsp3) is 0.571. The number of carbonyl (C=O) groups excluding carboxylic acids is 2. The first kappa shape index (κ1) is 10.6. The largest absolute Gasteiger partial charge is 0.393 e. The van der Waals surface area contributed by atoms with E-state index in [4.69, 9.17) is 5.11 Å². The Morgan fingerprint density at radius 1 is 1.36 bits per heavy atom. The lowest BCUT2D eigenvalue weighted by Gasteiger charge is -2.16. The van der Waals surface area contributed by atoms with Gasteiger partial charge < -0.3 is 10.2 Å². The molecule has 0 aromatic rings. The molecule has 0 bridgehead atoms. The summed E-state index contributed by atoms with van der Waals surface area (Å²) in [6.07, 6.45) is 0. The van der Waals surface area contributed by atoms with Crippen LogP contribution in [-0.4, -0.2) is 46.7 Å². The van der Waals surface area contributed by atoms with Crippen LogP contribution in [0.2, 0.25) is 0 Å². The molecule has 0 saturated carbocycles. The number of carbonyl (C=O) groups is 2. The van der Waals surface area contributed by atoms with Crippen molar-refractivity contribution in [3.8, 4) is 0 Å². The van der Waals surface area contributed by atoms with Crippen LogP contribution in [0.15, 0.2) is 4.99 Å². The van der Waals surface area contributed by atoms with Gasteiger partial charge in [-0.25, -0.2) is 4.99 Å². The second-order valence-electron chi connectivity index (χ2n) is 3.23. The van der Waals surface area contributed by atoms with Crippen LogP contribution >= 0.6 is 0 Å². The van der Waals surface area contributed by atoms with E-state index in [1.807, 2.05) is 0 Å². The van der Waals surface area contributed by atoms with Crippen molar-refractivity contribution in [2.75, 3.05) is 13.2 Å². The van der Waals surface area contributed by atoms with E-state index in [1.165, 1.54) is 6.92 Å². The SMILES string of the molecule is CC(O)(CO)CN=C1NC(=O)C(=O)N1.